The summed E-state index contributed by atoms with van der Waals surface area (Å²) in [6, 6.07) is 12.1. The molecule has 0 unspecified atom stereocenters. The fourth-order valence-electron chi connectivity index (χ4n) is 8.34. The molecule has 49 heavy (non-hydrogen) atoms. The minimum absolute atomic E-state index is 0.00600. The van der Waals surface area contributed by atoms with Crippen LogP contribution in [0.2, 0.25) is 0 Å². The molecule has 0 bridgehead atoms. The van der Waals surface area contributed by atoms with Crippen LogP contribution in [0.15, 0.2) is 45.6 Å². The largest absolute Gasteiger partial charge is 0.436 e. The topological polar surface area (TPSA) is 121 Å². The highest BCUT2D eigenvalue weighted by Gasteiger charge is 2.36. The first-order chi connectivity index (χ1) is 23.7. The summed E-state index contributed by atoms with van der Waals surface area (Å²) in [4.78, 5) is 61.1. The van der Waals surface area contributed by atoms with Gasteiger partial charge in [-0.05, 0) is 67.9 Å². The zero-order valence-electron chi connectivity index (χ0n) is 28.7. The van der Waals surface area contributed by atoms with Crippen molar-refractivity contribution in [1.82, 2.24) is 24.2 Å². The Morgan fingerprint density at radius 2 is 1.63 bits per heavy atom. The van der Waals surface area contributed by atoms with Crippen molar-refractivity contribution < 1.29 is 23.5 Å². The van der Waals surface area contributed by atoms with Crippen molar-refractivity contribution in [2.24, 2.45) is 7.05 Å². The van der Waals surface area contributed by atoms with Crippen LogP contribution in [0.25, 0.3) is 11.1 Å². The van der Waals surface area contributed by atoms with E-state index in [1.54, 1.807) is 18.0 Å². The van der Waals surface area contributed by atoms with E-state index in [4.69, 9.17) is 9.15 Å². The molecule has 1 aliphatic carbocycles. The van der Waals surface area contributed by atoms with Crippen LogP contribution in [-0.2, 0) is 29.4 Å². The van der Waals surface area contributed by atoms with Gasteiger partial charge in [0.25, 0.3) is 5.91 Å². The quantitative estimate of drug-likeness (QED) is 0.409. The fraction of sp³-hybridized carbons (Fsp3) is 0.568. The molecule has 3 aromatic rings. The number of nitrogens with zero attached hydrogens (tertiary/aromatic N) is 5. The van der Waals surface area contributed by atoms with Gasteiger partial charge in [0.05, 0.1) is 5.52 Å². The molecule has 3 aliphatic heterocycles. The van der Waals surface area contributed by atoms with E-state index in [0.29, 0.717) is 62.7 Å². The highest BCUT2D eigenvalue weighted by molar-refractivity contribution is 5.91. The number of anilines is 1. The van der Waals surface area contributed by atoms with Gasteiger partial charge in [-0.1, -0.05) is 43.5 Å². The first-order valence-electron chi connectivity index (χ1n) is 18.0. The smallest absolute Gasteiger partial charge is 0.419 e. The lowest BCUT2D eigenvalue weighted by Crippen LogP contribution is -2.55. The van der Waals surface area contributed by atoms with Gasteiger partial charge in [0.2, 0.25) is 0 Å². The molecule has 2 aromatic carbocycles. The highest BCUT2D eigenvalue weighted by atomic mass is 16.6. The molecule has 4 aliphatic rings. The Hall–Kier alpha value is -4.32. The summed E-state index contributed by atoms with van der Waals surface area (Å²) in [6.07, 6.45) is 6.95. The van der Waals surface area contributed by atoms with E-state index in [0.717, 1.165) is 41.9 Å². The van der Waals surface area contributed by atoms with Gasteiger partial charge in [0, 0.05) is 77.1 Å². The van der Waals surface area contributed by atoms with Gasteiger partial charge < -0.3 is 29.2 Å². The molecule has 1 saturated carbocycles. The Bertz CT molecular complexity index is 1750. The third-order valence-electron chi connectivity index (χ3n) is 11.1. The van der Waals surface area contributed by atoms with E-state index >= 15 is 0 Å². The number of carbonyl (C=O) groups excluding carboxylic acids is 3. The Balaban J connectivity index is 1.02. The van der Waals surface area contributed by atoms with Crippen LogP contribution in [0.3, 0.4) is 0 Å². The van der Waals surface area contributed by atoms with Crippen molar-refractivity contribution in [1.29, 1.82) is 0 Å². The molecule has 3 fully saturated rings. The summed E-state index contributed by atoms with van der Waals surface area (Å²) < 4.78 is 13.0. The monoisotopic (exact) mass is 672 g/mol. The zero-order chi connectivity index (χ0) is 34.1. The second-order valence-corrected chi connectivity index (χ2v) is 14.2. The number of amides is 4. The fourth-order valence-corrected chi connectivity index (χ4v) is 8.34. The van der Waals surface area contributed by atoms with Crippen molar-refractivity contribution in [3.63, 3.8) is 0 Å². The van der Waals surface area contributed by atoms with Gasteiger partial charge in [0.1, 0.15) is 0 Å². The summed E-state index contributed by atoms with van der Waals surface area (Å²) >= 11 is 0. The number of oxazole rings is 1. The van der Waals surface area contributed by atoms with Crippen molar-refractivity contribution in [3.8, 4) is 0 Å². The van der Waals surface area contributed by atoms with E-state index in [9.17, 15) is 19.2 Å². The second-order valence-electron chi connectivity index (χ2n) is 14.2. The number of hydrogen-bond acceptors (Lipinski definition) is 7. The number of piperazine rings is 1. The maximum Gasteiger partial charge on any atom is 0.419 e. The average molecular weight is 673 g/mol. The van der Waals surface area contributed by atoms with Crippen LogP contribution >= 0.6 is 0 Å². The van der Waals surface area contributed by atoms with E-state index in [2.05, 4.69) is 10.2 Å². The number of rotatable bonds is 6. The number of likely N-dealkylation sites (tertiary alicyclic amines) is 1. The summed E-state index contributed by atoms with van der Waals surface area (Å²) in [5.74, 6) is -0.643. The number of urea groups is 1. The first-order valence-corrected chi connectivity index (χ1v) is 18.0. The maximum absolute atomic E-state index is 14.1. The van der Waals surface area contributed by atoms with Crippen LogP contribution in [0.1, 0.15) is 61.6 Å². The number of aryl methyl sites for hydroxylation is 2. The molecule has 0 spiro atoms. The molecular formula is C37H48N6O6. The Morgan fingerprint density at radius 1 is 0.898 bits per heavy atom. The van der Waals surface area contributed by atoms with Crippen LogP contribution in [0.4, 0.5) is 15.3 Å². The van der Waals surface area contributed by atoms with Crippen LogP contribution in [0.5, 0.6) is 0 Å². The van der Waals surface area contributed by atoms with Crippen molar-refractivity contribution in [2.75, 3.05) is 51.1 Å². The van der Waals surface area contributed by atoms with Crippen molar-refractivity contribution in [2.45, 2.75) is 82.9 Å². The molecule has 1 aromatic heterocycles. The van der Waals surface area contributed by atoms with Gasteiger partial charge in [-0.2, -0.15) is 0 Å². The zero-order valence-corrected chi connectivity index (χ0v) is 28.7. The average Bonchev–Trinajstić information content (AvgIpc) is 3.30. The lowest BCUT2D eigenvalue weighted by Gasteiger charge is -2.41. The molecule has 0 radical (unpaired) electrons. The predicted octanol–water partition coefficient (Wildman–Crippen LogP) is 4.52. The summed E-state index contributed by atoms with van der Waals surface area (Å²) in [5, 5.41) is 3.05. The summed E-state index contributed by atoms with van der Waals surface area (Å²) in [5.41, 5.74) is 4.74. The third kappa shape index (κ3) is 7.06. The van der Waals surface area contributed by atoms with E-state index in [1.165, 1.54) is 36.7 Å². The molecule has 7 rings (SSSR count). The van der Waals surface area contributed by atoms with Crippen LogP contribution < -0.4 is 11.1 Å². The van der Waals surface area contributed by atoms with Crippen molar-refractivity contribution in [3.05, 3.63) is 63.6 Å². The maximum atomic E-state index is 14.1. The number of nitrogens with one attached hydrogen (secondary N) is 1. The van der Waals surface area contributed by atoms with Gasteiger partial charge in [-0.25, -0.2) is 14.4 Å². The molecule has 262 valence electrons. The summed E-state index contributed by atoms with van der Waals surface area (Å²) in [6.45, 7) is 6.22. The minimum atomic E-state index is -1.02. The number of hydrogen-bond donors (Lipinski definition) is 1. The van der Waals surface area contributed by atoms with Gasteiger partial charge >= 0.3 is 17.9 Å². The Morgan fingerprint density at radius 3 is 2.39 bits per heavy atom. The first kappa shape index (κ1) is 33.2. The molecule has 1 atom stereocenters. The molecular weight excluding hydrogens is 624 g/mol. The Kier molecular flexibility index (Phi) is 9.66. The van der Waals surface area contributed by atoms with Gasteiger partial charge in [0.15, 0.2) is 11.7 Å². The normalized spacial score (nSPS) is 20.5. The van der Waals surface area contributed by atoms with E-state index in [1.807, 2.05) is 47.1 Å². The third-order valence-corrected chi connectivity index (χ3v) is 11.1. The number of benzene rings is 2. The number of aromatic nitrogens is 1. The van der Waals surface area contributed by atoms with Crippen molar-refractivity contribution >= 4 is 34.8 Å². The second kappa shape index (κ2) is 14.3. The molecule has 12 nitrogen and oxygen atoms in total. The SMILES string of the molecule is Cc1cc(C[C@@H](OC(=O)N2CCC(N3CCc4ccccc4NC3=O)CC2)C(=O)N2CCN(C3CCCCC3)CC2)cc2oc(=O)n(C)c12. The molecule has 12 heteroatoms. The molecule has 4 heterocycles. The number of fused-ring (bicyclic) bond motifs is 2. The molecule has 1 N–H and O–H groups in total. The Labute approximate surface area is 286 Å². The van der Waals surface area contributed by atoms with Crippen LogP contribution in [0, 0.1) is 6.92 Å². The number of carbonyl (C=O) groups is 3. The summed E-state index contributed by atoms with van der Waals surface area (Å²) in [7, 11) is 1.67. The highest BCUT2D eigenvalue weighted by Crippen LogP contribution is 2.27. The van der Waals surface area contributed by atoms with Gasteiger partial charge in [-0.15, -0.1) is 0 Å². The lowest BCUT2D eigenvalue weighted by atomic mass is 9.94. The predicted molar refractivity (Wildman–Crippen MR) is 186 cm³/mol. The standard InChI is InChI=1S/C37H48N6O6/c1-25-22-26(23-31-33(25)39(2)36(46)48-31)24-32(34(44)41-20-18-40(19-21-41)28-9-4-3-5-10-28)49-37(47)42-15-13-29(14-16-42)43-17-12-27-8-6-7-11-30(27)38-35(43)45/h6-8,11,22-23,28-29,32H,3-5,9-10,12-21,24H2,1-2H3,(H,38,45)/t32-/m1/s1. The minimum Gasteiger partial charge on any atom is -0.436 e. The molecule has 4 amide bonds. The van der Waals surface area contributed by atoms with Crippen LogP contribution in [-0.4, -0.2) is 106 Å². The lowest BCUT2D eigenvalue weighted by molar-refractivity contribution is -0.143. The number of ether oxygens (including phenoxy) is 1. The van der Waals surface area contributed by atoms with E-state index in [-0.39, 0.29) is 24.4 Å². The van der Waals surface area contributed by atoms with E-state index < -0.39 is 18.0 Å². The molecule has 2 saturated heterocycles. The number of para-hydroxylation sites is 1. The number of piperidine rings is 1. The van der Waals surface area contributed by atoms with Gasteiger partial charge in [-0.3, -0.25) is 14.3 Å².